The molecular weight excluding hydrogens is 302 g/mol. The van der Waals surface area contributed by atoms with Gasteiger partial charge in [0.1, 0.15) is 25.0 Å². The lowest BCUT2D eigenvalue weighted by Crippen LogP contribution is -2.48. The molecule has 1 atom stereocenters. The fourth-order valence-corrected chi connectivity index (χ4v) is 2.09. The van der Waals surface area contributed by atoms with Crippen LogP contribution in [0.2, 0.25) is 0 Å². The first kappa shape index (κ1) is 13.0. The maximum atomic E-state index is 12.2. The molecule has 0 spiro atoms. The third kappa shape index (κ3) is 2.70. The number of methoxy groups -OCH3 is 1. The minimum atomic E-state index is -0.658. The number of nitrogens with one attached hydrogen (secondary N) is 1. The van der Waals surface area contributed by atoms with Gasteiger partial charge in [-0.05, 0) is 18.2 Å². The molecule has 1 aromatic carbocycles. The SMILES string of the molecule is COCC(=O)N[C@H]1COc2ccc(Br)cc2C1=O. The summed E-state index contributed by atoms with van der Waals surface area (Å²) in [5, 5.41) is 2.58. The van der Waals surface area contributed by atoms with E-state index in [0.29, 0.717) is 11.3 Å². The number of carbonyl (C=O) groups excluding carboxylic acids is 2. The van der Waals surface area contributed by atoms with Gasteiger partial charge in [0.15, 0.2) is 5.78 Å². The van der Waals surface area contributed by atoms with Crippen LogP contribution in [0.15, 0.2) is 22.7 Å². The average molecular weight is 314 g/mol. The number of ketones is 1. The van der Waals surface area contributed by atoms with E-state index < -0.39 is 6.04 Å². The summed E-state index contributed by atoms with van der Waals surface area (Å²) in [5.41, 5.74) is 0.471. The molecule has 1 N–H and O–H groups in total. The van der Waals surface area contributed by atoms with Gasteiger partial charge in [-0.25, -0.2) is 0 Å². The minimum absolute atomic E-state index is 0.0743. The number of amides is 1. The molecule has 2 rings (SSSR count). The zero-order valence-corrected chi connectivity index (χ0v) is 11.3. The third-order valence-corrected chi connectivity index (χ3v) is 3.03. The van der Waals surface area contributed by atoms with Crippen molar-refractivity contribution >= 4 is 27.6 Å². The largest absolute Gasteiger partial charge is 0.490 e. The number of fused-ring (bicyclic) bond motifs is 1. The Morgan fingerprint density at radius 3 is 3.11 bits per heavy atom. The standard InChI is InChI=1S/C12H12BrNO4/c1-17-6-11(15)14-9-5-18-10-3-2-7(13)4-8(10)12(9)16/h2-4,9H,5-6H2,1H3,(H,14,15)/t9-/m0/s1. The molecule has 1 amide bonds. The number of halogens is 1. The van der Waals surface area contributed by atoms with Crippen LogP contribution in [-0.4, -0.2) is 38.1 Å². The van der Waals surface area contributed by atoms with Crippen molar-refractivity contribution in [3.05, 3.63) is 28.2 Å². The number of benzene rings is 1. The molecule has 1 aliphatic rings. The molecule has 0 fully saturated rings. The van der Waals surface area contributed by atoms with E-state index in [1.807, 2.05) is 0 Å². The van der Waals surface area contributed by atoms with E-state index in [0.717, 1.165) is 4.47 Å². The van der Waals surface area contributed by atoms with Gasteiger partial charge in [-0.1, -0.05) is 15.9 Å². The van der Waals surface area contributed by atoms with Crippen molar-refractivity contribution in [2.75, 3.05) is 20.3 Å². The second kappa shape index (κ2) is 5.49. The van der Waals surface area contributed by atoms with Gasteiger partial charge in [0, 0.05) is 11.6 Å². The Morgan fingerprint density at radius 2 is 2.39 bits per heavy atom. The molecular formula is C12H12BrNO4. The topological polar surface area (TPSA) is 64.6 Å². The second-order valence-electron chi connectivity index (χ2n) is 3.87. The van der Waals surface area contributed by atoms with Crippen molar-refractivity contribution in [1.29, 1.82) is 0 Å². The lowest BCUT2D eigenvalue weighted by molar-refractivity contribution is -0.125. The van der Waals surface area contributed by atoms with E-state index in [-0.39, 0.29) is 24.9 Å². The van der Waals surface area contributed by atoms with Crippen molar-refractivity contribution in [2.45, 2.75) is 6.04 Å². The maximum absolute atomic E-state index is 12.2. The molecule has 0 unspecified atom stereocenters. The smallest absolute Gasteiger partial charge is 0.246 e. The fraction of sp³-hybridized carbons (Fsp3) is 0.333. The Morgan fingerprint density at radius 1 is 1.61 bits per heavy atom. The molecule has 0 saturated carbocycles. The van der Waals surface area contributed by atoms with E-state index >= 15 is 0 Å². The summed E-state index contributed by atoms with van der Waals surface area (Å²) >= 11 is 3.30. The molecule has 0 saturated heterocycles. The highest BCUT2D eigenvalue weighted by atomic mass is 79.9. The molecule has 1 aliphatic heterocycles. The van der Waals surface area contributed by atoms with Gasteiger partial charge in [0.2, 0.25) is 5.91 Å². The Hall–Kier alpha value is -1.40. The fourth-order valence-electron chi connectivity index (χ4n) is 1.73. The van der Waals surface area contributed by atoms with E-state index in [2.05, 4.69) is 21.2 Å². The molecule has 18 heavy (non-hydrogen) atoms. The monoisotopic (exact) mass is 313 g/mol. The van der Waals surface area contributed by atoms with Gasteiger partial charge in [0.25, 0.3) is 0 Å². The predicted molar refractivity (Wildman–Crippen MR) is 67.8 cm³/mol. The van der Waals surface area contributed by atoms with Crippen molar-refractivity contribution in [3.63, 3.8) is 0 Å². The van der Waals surface area contributed by atoms with Gasteiger partial charge < -0.3 is 14.8 Å². The molecule has 5 nitrogen and oxygen atoms in total. The normalized spacial score (nSPS) is 17.9. The molecule has 1 heterocycles. The summed E-state index contributed by atoms with van der Waals surface area (Å²) in [4.78, 5) is 23.5. The molecule has 0 aromatic heterocycles. The zero-order chi connectivity index (χ0) is 13.1. The zero-order valence-electron chi connectivity index (χ0n) is 9.73. The molecule has 1 aromatic rings. The van der Waals surface area contributed by atoms with Crippen molar-refractivity contribution in [3.8, 4) is 5.75 Å². The minimum Gasteiger partial charge on any atom is -0.490 e. The Kier molecular flexibility index (Phi) is 3.98. The van der Waals surface area contributed by atoms with Gasteiger partial charge in [-0.15, -0.1) is 0 Å². The number of hydrogen-bond acceptors (Lipinski definition) is 4. The van der Waals surface area contributed by atoms with E-state index in [1.165, 1.54) is 7.11 Å². The average Bonchev–Trinajstić information content (AvgIpc) is 2.34. The summed E-state index contributed by atoms with van der Waals surface area (Å²) in [6.07, 6.45) is 0. The van der Waals surface area contributed by atoms with Gasteiger partial charge in [-0.3, -0.25) is 9.59 Å². The number of Topliss-reactive ketones (excluding diaryl/α,β-unsaturated/α-hetero) is 1. The predicted octanol–water partition coefficient (Wildman–Crippen LogP) is 1.16. The van der Waals surface area contributed by atoms with Crippen LogP contribution >= 0.6 is 15.9 Å². The maximum Gasteiger partial charge on any atom is 0.246 e. The number of hydrogen-bond donors (Lipinski definition) is 1. The van der Waals surface area contributed by atoms with Crippen LogP contribution < -0.4 is 10.1 Å². The van der Waals surface area contributed by atoms with Crippen LogP contribution in [0.3, 0.4) is 0 Å². The summed E-state index contributed by atoms with van der Waals surface area (Å²) in [6.45, 7) is 0.0675. The van der Waals surface area contributed by atoms with Crippen LogP contribution in [0.1, 0.15) is 10.4 Å². The van der Waals surface area contributed by atoms with Crippen LogP contribution in [0.4, 0.5) is 0 Å². The lowest BCUT2D eigenvalue weighted by Gasteiger charge is -2.24. The molecule has 96 valence electrons. The van der Waals surface area contributed by atoms with E-state index in [4.69, 9.17) is 9.47 Å². The first-order valence-corrected chi connectivity index (χ1v) is 6.16. The molecule has 0 radical (unpaired) electrons. The number of carbonyl (C=O) groups is 2. The van der Waals surface area contributed by atoms with E-state index in [9.17, 15) is 9.59 Å². The molecule has 6 heteroatoms. The first-order valence-electron chi connectivity index (χ1n) is 5.36. The highest BCUT2D eigenvalue weighted by Gasteiger charge is 2.30. The van der Waals surface area contributed by atoms with Crippen LogP contribution in [0.25, 0.3) is 0 Å². The molecule has 0 bridgehead atoms. The number of ether oxygens (including phenoxy) is 2. The van der Waals surface area contributed by atoms with Crippen LogP contribution in [0, 0.1) is 0 Å². The Labute approximate surface area is 113 Å². The second-order valence-corrected chi connectivity index (χ2v) is 4.78. The molecule has 0 aliphatic carbocycles. The highest BCUT2D eigenvalue weighted by Crippen LogP contribution is 2.27. The van der Waals surface area contributed by atoms with E-state index in [1.54, 1.807) is 18.2 Å². The number of rotatable bonds is 3. The van der Waals surface area contributed by atoms with Crippen molar-refractivity contribution in [2.24, 2.45) is 0 Å². The van der Waals surface area contributed by atoms with Crippen molar-refractivity contribution in [1.82, 2.24) is 5.32 Å². The van der Waals surface area contributed by atoms with Crippen LogP contribution in [0.5, 0.6) is 5.75 Å². The summed E-state index contributed by atoms with van der Waals surface area (Å²) in [6, 6.07) is 4.56. The Balaban J connectivity index is 2.15. The third-order valence-electron chi connectivity index (χ3n) is 2.54. The van der Waals surface area contributed by atoms with Gasteiger partial charge >= 0.3 is 0 Å². The van der Waals surface area contributed by atoms with Gasteiger partial charge in [0.05, 0.1) is 5.56 Å². The van der Waals surface area contributed by atoms with Crippen LogP contribution in [-0.2, 0) is 9.53 Å². The summed E-state index contributed by atoms with van der Waals surface area (Å²) in [5.74, 6) is 0.0559. The Bertz CT molecular complexity index is 489. The van der Waals surface area contributed by atoms with Gasteiger partial charge in [-0.2, -0.15) is 0 Å². The highest BCUT2D eigenvalue weighted by molar-refractivity contribution is 9.10. The lowest BCUT2D eigenvalue weighted by atomic mass is 10.0. The summed E-state index contributed by atoms with van der Waals surface area (Å²) in [7, 11) is 1.42. The summed E-state index contributed by atoms with van der Waals surface area (Å²) < 4.78 is 10.9. The van der Waals surface area contributed by atoms with Crippen molar-refractivity contribution < 1.29 is 19.1 Å². The quantitative estimate of drug-likeness (QED) is 0.909. The first-order chi connectivity index (χ1) is 8.61.